The zero-order chi connectivity index (χ0) is 9.99. The van der Waals surface area contributed by atoms with Crippen LogP contribution in [0, 0.1) is 0 Å². The Morgan fingerprint density at radius 3 is 1.83 bits per heavy atom. The number of hydrogen-bond acceptors (Lipinski definition) is 2. The molecule has 0 fully saturated rings. The Morgan fingerprint density at radius 2 is 1.75 bits per heavy atom. The molecule has 0 aliphatic carbocycles. The van der Waals surface area contributed by atoms with Crippen molar-refractivity contribution in [1.29, 1.82) is 0 Å². The summed E-state index contributed by atoms with van der Waals surface area (Å²) in [5.74, 6) is 0. The van der Waals surface area contributed by atoms with E-state index in [0.717, 1.165) is 0 Å². The summed E-state index contributed by atoms with van der Waals surface area (Å²) in [4.78, 5) is 19.6. The minimum Gasteiger partial charge on any atom is -0.299 e. The highest BCUT2D eigenvalue weighted by Gasteiger charge is 2.57. The van der Waals surface area contributed by atoms with E-state index in [1.807, 2.05) is 0 Å². The molecule has 0 bridgehead atoms. The Balaban J connectivity index is 4.68. The van der Waals surface area contributed by atoms with E-state index in [1.54, 1.807) is 0 Å². The van der Waals surface area contributed by atoms with Crippen molar-refractivity contribution >= 4 is 23.1 Å². The second-order valence-electron chi connectivity index (χ2n) is 2.01. The van der Waals surface area contributed by atoms with Gasteiger partial charge in [0.1, 0.15) is 0 Å². The summed E-state index contributed by atoms with van der Waals surface area (Å²) in [6, 6.07) is 0. The first-order chi connectivity index (χ1) is 5.23. The van der Waals surface area contributed by atoms with Gasteiger partial charge in [-0.2, -0.15) is 13.2 Å². The molecule has 0 aliphatic rings. The van der Waals surface area contributed by atoms with Crippen molar-refractivity contribution in [3.8, 4) is 0 Å². The molecular weight excluding hydrogens is 203 g/mol. The normalized spacial score (nSPS) is 16.8. The standard InChI is InChI=1S/C5H3ClF4O2/c6-3(12)1-4(7,2-11)5(8,9)10/h2H,1H2. The van der Waals surface area contributed by atoms with E-state index in [9.17, 15) is 27.2 Å². The maximum atomic E-state index is 12.5. The Bertz CT molecular complexity index is 202. The predicted molar refractivity (Wildman–Crippen MR) is 31.4 cm³/mol. The number of carbonyl (C=O) groups is 2. The monoisotopic (exact) mass is 206 g/mol. The van der Waals surface area contributed by atoms with Crippen LogP contribution in [0.5, 0.6) is 0 Å². The summed E-state index contributed by atoms with van der Waals surface area (Å²) < 4.78 is 47.4. The molecule has 0 saturated heterocycles. The maximum absolute atomic E-state index is 12.5. The van der Waals surface area contributed by atoms with Crippen molar-refractivity contribution in [2.24, 2.45) is 0 Å². The third-order valence-corrected chi connectivity index (χ3v) is 1.19. The number of halogens is 5. The zero-order valence-corrected chi connectivity index (χ0v) is 6.25. The molecule has 0 saturated carbocycles. The highest BCUT2D eigenvalue weighted by atomic mass is 35.5. The molecule has 0 radical (unpaired) electrons. The molecule has 0 aliphatic heterocycles. The zero-order valence-electron chi connectivity index (χ0n) is 5.49. The van der Waals surface area contributed by atoms with Crippen LogP contribution in [0.1, 0.15) is 6.42 Å². The fourth-order valence-corrected chi connectivity index (χ4v) is 0.605. The third-order valence-electron chi connectivity index (χ3n) is 1.05. The van der Waals surface area contributed by atoms with Gasteiger partial charge in [0.25, 0.3) is 5.67 Å². The van der Waals surface area contributed by atoms with E-state index in [0.29, 0.717) is 0 Å². The number of carbonyl (C=O) groups excluding carboxylic acids is 2. The van der Waals surface area contributed by atoms with E-state index in [-0.39, 0.29) is 0 Å². The molecule has 1 atom stereocenters. The van der Waals surface area contributed by atoms with Gasteiger partial charge in [0.05, 0.1) is 6.42 Å². The Morgan fingerprint density at radius 1 is 1.33 bits per heavy atom. The molecule has 7 heteroatoms. The van der Waals surface area contributed by atoms with Crippen LogP contribution in [0.15, 0.2) is 0 Å². The van der Waals surface area contributed by atoms with Gasteiger partial charge >= 0.3 is 6.18 Å². The second kappa shape index (κ2) is 3.38. The van der Waals surface area contributed by atoms with Gasteiger partial charge in [-0.3, -0.25) is 9.59 Å². The lowest BCUT2D eigenvalue weighted by Gasteiger charge is -2.19. The van der Waals surface area contributed by atoms with Crippen LogP contribution in [0.25, 0.3) is 0 Å². The molecule has 0 amide bonds. The number of aldehydes is 1. The van der Waals surface area contributed by atoms with Crippen molar-refractivity contribution in [2.75, 3.05) is 0 Å². The average Bonchev–Trinajstić information content (AvgIpc) is 1.83. The molecule has 0 N–H and O–H groups in total. The highest BCUT2D eigenvalue weighted by molar-refractivity contribution is 6.63. The molecule has 0 aromatic carbocycles. The van der Waals surface area contributed by atoms with Crippen molar-refractivity contribution in [2.45, 2.75) is 18.3 Å². The van der Waals surface area contributed by atoms with Gasteiger partial charge in [-0.05, 0) is 11.6 Å². The second-order valence-corrected chi connectivity index (χ2v) is 2.43. The van der Waals surface area contributed by atoms with Gasteiger partial charge in [0.15, 0.2) is 6.29 Å². The van der Waals surface area contributed by atoms with Gasteiger partial charge in [-0.15, -0.1) is 0 Å². The smallest absolute Gasteiger partial charge is 0.299 e. The van der Waals surface area contributed by atoms with Crippen molar-refractivity contribution in [3.05, 3.63) is 0 Å². The largest absolute Gasteiger partial charge is 0.429 e. The minimum atomic E-state index is -5.40. The van der Waals surface area contributed by atoms with Gasteiger partial charge in [-0.1, -0.05) is 0 Å². The van der Waals surface area contributed by atoms with Gasteiger partial charge in [-0.25, -0.2) is 4.39 Å². The van der Waals surface area contributed by atoms with Crippen LogP contribution in [-0.2, 0) is 9.59 Å². The first kappa shape index (κ1) is 11.4. The van der Waals surface area contributed by atoms with Crippen LogP contribution in [0.3, 0.4) is 0 Å². The summed E-state index contributed by atoms with van der Waals surface area (Å²) in [5, 5.41) is -1.55. The Kier molecular flexibility index (Phi) is 3.20. The quantitative estimate of drug-likeness (QED) is 0.399. The fourth-order valence-electron chi connectivity index (χ4n) is 0.411. The summed E-state index contributed by atoms with van der Waals surface area (Å²) >= 11 is 4.51. The van der Waals surface area contributed by atoms with Crippen LogP contribution in [0.4, 0.5) is 17.6 Å². The molecular formula is C5H3ClF4O2. The lowest BCUT2D eigenvalue weighted by molar-refractivity contribution is -0.220. The highest BCUT2D eigenvalue weighted by Crippen LogP contribution is 2.35. The first-order valence-corrected chi connectivity index (χ1v) is 3.01. The minimum absolute atomic E-state index is 0.979. The first-order valence-electron chi connectivity index (χ1n) is 2.63. The summed E-state index contributed by atoms with van der Waals surface area (Å²) in [6.45, 7) is 0. The van der Waals surface area contributed by atoms with E-state index in [4.69, 9.17) is 0 Å². The van der Waals surface area contributed by atoms with E-state index in [2.05, 4.69) is 11.6 Å². The lowest BCUT2D eigenvalue weighted by Crippen LogP contribution is -2.43. The van der Waals surface area contributed by atoms with Crippen LogP contribution in [0.2, 0.25) is 0 Å². The molecule has 0 rings (SSSR count). The van der Waals surface area contributed by atoms with Crippen molar-refractivity contribution < 1.29 is 27.2 Å². The summed E-state index contributed by atoms with van der Waals surface area (Å²) in [6.07, 6.45) is -8.08. The van der Waals surface area contributed by atoms with Gasteiger partial charge in [0, 0.05) is 0 Å². The molecule has 0 heterocycles. The van der Waals surface area contributed by atoms with Crippen molar-refractivity contribution in [3.63, 3.8) is 0 Å². The van der Waals surface area contributed by atoms with Crippen molar-refractivity contribution in [1.82, 2.24) is 0 Å². The predicted octanol–water partition coefficient (Wildman–Crippen LogP) is 1.61. The number of alkyl halides is 4. The fraction of sp³-hybridized carbons (Fsp3) is 0.600. The van der Waals surface area contributed by atoms with E-state index in [1.165, 1.54) is 0 Å². The maximum Gasteiger partial charge on any atom is 0.429 e. The van der Waals surface area contributed by atoms with Crippen LogP contribution >= 0.6 is 11.6 Å². The molecule has 0 aromatic heterocycles. The molecule has 70 valence electrons. The summed E-state index contributed by atoms with van der Waals surface area (Å²) in [7, 11) is 0. The molecule has 2 nitrogen and oxygen atoms in total. The van der Waals surface area contributed by atoms with Gasteiger partial charge in [0.2, 0.25) is 5.24 Å². The van der Waals surface area contributed by atoms with Gasteiger partial charge < -0.3 is 0 Å². The lowest BCUT2D eigenvalue weighted by atomic mass is 10.0. The van der Waals surface area contributed by atoms with Crippen LogP contribution in [-0.4, -0.2) is 23.4 Å². The van der Waals surface area contributed by atoms with E-state index >= 15 is 0 Å². The number of hydrogen-bond donors (Lipinski definition) is 0. The Hall–Kier alpha value is -0.650. The summed E-state index contributed by atoms with van der Waals surface area (Å²) in [5.41, 5.74) is -4.16. The molecule has 0 aromatic rings. The SMILES string of the molecule is O=CC(F)(CC(=O)Cl)C(F)(F)F. The topological polar surface area (TPSA) is 34.1 Å². The molecule has 0 spiro atoms. The third kappa shape index (κ3) is 2.44. The number of rotatable bonds is 3. The average molecular weight is 207 g/mol. The molecule has 1 unspecified atom stereocenters. The van der Waals surface area contributed by atoms with Crippen LogP contribution < -0.4 is 0 Å². The Labute approximate surface area is 69.5 Å². The molecule has 12 heavy (non-hydrogen) atoms. The van der Waals surface area contributed by atoms with E-state index < -0.39 is 29.8 Å².